The van der Waals surface area contributed by atoms with Crippen molar-refractivity contribution in [3.8, 4) is 5.88 Å². The second-order valence-corrected chi connectivity index (χ2v) is 4.49. The minimum Gasteiger partial charge on any atom is -0.479 e. The van der Waals surface area contributed by atoms with Gasteiger partial charge in [-0.1, -0.05) is 13.8 Å². The highest BCUT2D eigenvalue weighted by atomic mass is 16.5. The van der Waals surface area contributed by atoms with Crippen LogP contribution < -0.4 is 16.2 Å². The molecule has 1 amide bonds. The third-order valence-corrected chi connectivity index (χ3v) is 2.87. The van der Waals surface area contributed by atoms with Crippen molar-refractivity contribution in [3.63, 3.8) is 0 Å². The number of fused-ring (bicyclic) bond motifs is 1. The molecule has 2 rings (SSSR count). The number of imidazole rings is 1. The van der Waals surface area contributed by atoms with E-state index >= 15 is 0 Å². The molecular weight excluding hydrogens is 248 g/mol. The molecule has 1 atom stereocenters. The van der Waals surface area contributed by atoms with E-state index < -0.39 is 11.9 Å². The molecule has 0 saturated carbocycles. The number of carbonyl (C=O) groups is 1. The van der Waals surface area contributed by atoms with Crippen molar-refractivity contribution in [1.29, 1.82) is 0 Å². The van der Waals surface area contributed by atoms with Crippen LogP contribution in [0.15, 0.2) is 6.33 Å². The van der Waals surface area contributed by atoms with Gasteiger partial charge in [0.05, 0.1) is 7.11 Å². The largest absolute Gasteiger partial charge is 0.479 e. The van der Waals surface area contributed by atoms with Gasteiger partial charge in [0.2, 0.25) is 17.7 Å². The van der Waals surface area contributed by atoms with Crippen LogP contribution >= 0.6 is 0 Å². The van der Waals surface area contributed by atoms with Crippen molar-refractivity contribution in [2.45, 2.75) is 19.9 Å². The van der Waals surface area contributed by atoms with Crippen LogP contribution in [-0.4, -0.2) is 32.5 Å². The fourth-order valence-corrected chi connectivity index (χ4v) is 2.08. The van der Waals surface area contributed by atoms with Crippen LogP contribution in [0.2, 0.25) is 0 Å². The van der Waals surface area contributed by atoms with E-state index in [0.29, 0.717) is 17.0 Å². The van der Waals surface area contributed by atoms with Crippen LogP contribution in [0.1, 0.15) is 19.9 Å². The van der Waals surface area contributed by atoms with Crippen molar-refractivity contribution in [1.82, 2.24) is 19.5 Å². The summed E-state index contributed by atoms with van der Waals surface area (Å²) in [6.07, 6.45) is 1.33. The van der Waals surface area contributed by atoms with Gasteiger partial charge in [-0.25, -0.2) is 9.97 Å². The smallest absolute Gasteiger partial charge is 0.245 e. The van der Waals surface area contributed by atoms with Crippen molar-refractivity contribution in [3.05, 3.63) is 6.33 Å². The Morgan fingerprint density at radius 3 is 2.63 bits per heavy atom. The fraction of sp³-hybridized carbons (Fsp3) is 0.455. The summed E-state index contributed by atoms with van der Waals surface area (Å²) in [6.45, 7) is 3.75. The van der Waals surface area contributed by atoms with Crippen LogP contribution in [0.25, 0.3) is 11.2 Å². The molecule has 102 valence electrons. The van der Waals surface area contributed by atoms with E-state index in [-0.39, 0.29) is 11.9 Å². The highest BCUT2D eigenvalue weighted by Gasteiger charge is 2.27. The first-order valence-corrected chi connectivity index (χ1v) is 5.79. The van der Waals surface area contributed by atoms with Crippen LogP contribution in [0, 0.1) is 5.92 Å². The van der Waals surface area contributed by atoms with E-state index in [9.17, 15) is 4.79 Å². The number of nitrogens with two attached hydrogens (primary N) is 2. The van der Waals surface area contributed by atoms with Crippen LogP contribution in [-0.2, 0) is 4.79 Å². The van der Waals surface area contributed by atoms with Crippen LogP contribution in [0.3, 0.4) is 0 Å². The number of rotatable bonds is 4. The van der Waals surface area contributed by atoms with Gasteiger partial charge in [-0.15, -0.1) is 0 Å². The van der Waals surface area contributed by atoms with E-state index in [1.165, 1.54) is 18.0 Å². The fourth-order valence-electron chi connectivity index (χ4n) is 2.08. The lowest BCUT2D eigenvalue weighted by Gasteiger charge is -2.20. The third-order valence-electron chi connectivity index (χ3n) is 2.87. The summed E-state index contributed by atoms with van der Waals surface area (Å²) in [6, 6.07) is -0.621. The normalized spacial score (nSPS) is 12.8. The molecule has 0 aliphatic heterocycles. The van der Waals surface area contributed by atoms with Crippen molar-refractivity contribution < 1.29 is 9.53 Å². The Balaban J connectivity index is 2.73. The Morgan fingerprint density at radius 1 is 1.42 bits per heavy atom. The average Bonchev–Trinajstić information content (AvgIpc) is 2.66. The Bertz CT molecular complexity index is 621. The summed E-state index contributed by atoms with van der Waals surface area (Å²) in [7, 11) is 1.48. The molecule has 0 fully saturated rings. The number of anilines is 1. The Morgan fingerprint density at radius 2 is 2.11 bits per heavy atom. The molecule has 1 unspecified atom stereocenters. The molecule has 0 aliphatic rings. The summed E-state index contributed by atoms with van der Waals surface area (Å²) in [4.78, 5) is 23.9. The van der Waals surface area contributed by atoms with Gasteiger partial charge in [0.15, 0.2) is 11.2 Å². The summed E-state index contributed by atoms with van der Waals surface area (Å²) in [5, 5.41) is 0. The zero-order valence-electron chi connectivity index (χ0n) is 11.0. The van der Waals surface area contributed by atoms with E-state index in [0.717, 1.165) is 0 Å². The van der Waals surface area contributed by atoms with E-state index in [1.807, 2.05) is 13.8 Å². The molecule has 0 aliphatic carbocycles. The number of nitrogens with zero attached hydrogens (tertiary/aromatic N) is 4. The molecule has 0 spiro atoms. The molecule has 4 N–H and O–H groups in total. The standard InChI is InChI=1S/C11H16N6O2/c1-5(2)7(8(12)18)17-9-6(16-11(17)13)10(19-3)15-4-14-9/h4-5,7H,1-3H3,(H2,12,18)(H2,13,16). The maximum Gasteiger partial charge on any atom is 0.245 e. The highest BCUT2D eigenvalue weighted by molar-refractivity contribution is 5.85. The molecule has 0 radical (unpaired) electrons. The van der Waals surface area contributed by atoms with Gasteiger partial charge in [0, 0.05) is 0 Å². The zero-order chi connectivity index (χ0) is 14.2. The molecule has 2 aromatic heterocycles. The average molecular weight is 264 g/mol. The van der Waals surface area contributed by atoms with Gasteiger partial charge < -0.3 is 16.2 Å². The van der Waals surface area contributed by atoms with E-state index in [1.54, 1.807) is 0 Å². The van der Waals surface area contributed by atoms with Crippen LogP contribution in [0.4, 0.5) is 5.95 Å². The lowest BCUT2D eigenvalue weighted by atomic mass is 10.0. The summed E-state index contributed by atoms with van der Waals surface area (Å²) < 4.78 is 6.62. The first-order chi connectivity index (χ1) is 8.97. The topological polar surface area (TPSA) is 122 Å². The number of amides is 1. The summed E-state index contributed by atoms with van der Waals surface area (Å²) >= 11 is 0. The minimum atomic E-state index is -0.621. The monoisotopic (exact) mass is 264 g/mol. The zero-order valence-corrected chi connectivity index (χ0v) is 11.0. The van der Waals surface area contributed by atoms with E-state index in [2.05, 4.69) is 15.0 Å². The molecule has 0 saturated heterocycles. The number of aromatic nitrogens is 4. The Hall–Kier alpha value is -2.38. The number of ether oxygens (including phenoxy) is 1. The molecule has 8 nitrogen and oxygen atoms in total. The molecule has 2 aromatic rings. The van der Waals surface area contributed by atoms with Gasteiger partial charge in [0.1, 0.15) is 12.4 Å². The van der Waals surface area contributed by atoms with Crippen molar-refractivity contribution in [2.24, 2.45) is 11.7 Å². The second kappa shape index (κ2) is 4.71. The molecular formula is C11H16N6O2. The first-order valence-electron chi connectivity index (χ1n) is 5.79. The molecule has 0 aromatic carbocycles. The Labute approximate surface area is 109 Å². The lowest BCUT2D eigenvalue weighted by Crippen LogP contribution is -2.31. The van der Waals surface area contributed by atoms with Crippen molar-refractivity contribution >= 4 is 23.0 Å². The number of nitrogen functional groups attached to an aromatic ring is 1. The quantitative estimate of drug-likeness (QED) is 0.807. The first kappa shape index (κ1) is 13.1. The maximum absolute atomic E-state index is 11.6. The van der Waals surface area contributed by atoms with Gasteiger partial charge in [-0.3, -0.25) is 9.36 Å². The summed E-state index contributed by atoms with van der Waals surface area (Å²) in [5.41, 5.74) is 12.2. The number of carbonyl (C=O) groups excluding carboxylic acids is 1. The van der Waals surface area contributed by atoms with Gasteiger partial charge in [0.25, 0.3) is 0 Å². The highest BCUT2D eigenvalue weighted by Crippen LogP contribution is 2.29. The molecule has 19 heavy (non-hydrogen) atoms. The molecule has 0 bridgehead atoms. The summed E-state index contributed by atoms with van der Waals surface area (Å²) in [5.74, 6) is -0.0644. The molecule has 2 heterocycles. The van der Waals surface area contributed by atoms with Gasteiger partial charge >= 0.3 is 0 Å². The minimum absolute atomic E-state index is 0.0434. The maximum atomic E-state index is 11.6. The number of hydrogen-bond donors (Lipinski definition) is 2. The predicted octanol–water partition coefficient (Wildman–Crippen LogP) is 0.0995. The lowest BCUT2D eigenvalue weighted by molar-refractivity contribution is -0.122. The van der Waals surface area contributed by atoms with Crippen LogP contribution in [0.5, 0.6) is 5.88 Å². The molecule has 8 heteroatoms. The van der Waals surface area contributed by atoms with Gasteiger partial charge in [-0.05, 0) is 5.92 Å². The van der Waals surface area contributed by atoms with Gasteiger partial charge in [-0.2, -0.15) is 4.98 Å². The van der Waals surface area contributed by atoms with Crippen molar-refractivity contribution in [2.75, 3.05) is 12.8 Å². The number of primary amides is 1. The predicted molar refractivity (Wildman–Crippen MR) is 69.4 cm³/mol. The SMILES string of the molecule is COc1ncnc2c1nc(N)n2C(C(N)=O)C(C)C. The number of hydrogen-bond acceptors (Lipinski definition) is 6. The number of methoxy groups -OCH3 is 1. The third kappa shape index (κ3) is 2.05. The second-order valence-electron chi connectivity index (χ2n) is 4.49. The van der Waals surface area contributed by atoms with E-state index in [4.69, 9.17) is 16.2 Å². The Kier molecular flexibility index (Phi) is 3.24.